The van der Waals surface area contributed by atoms with E-state index in [0.29, 0.717) is 19.4 Å². The SMILES string of the molecule is CCCCCCCCCCC/C=C/C(O)C(CO)NC(=O)CCCCCCCCC/C=C\CCCCCCCCCCOC(=O)CCCCCCCCCCCCCCCCCCC. The van der Waals surface area contributed by atoms with Gasteiger partial charge in [0.15, 0.2) is 0 Å². The standard InChI is InChI=1S/C58H111NO5/c1-3-5-7-9-11-13-15-16-17-21-25-28-32-36-40-44-48-52-58(63)64-53-49-45-41-37-33-29-26-23-20-18-19-22-24-27-31-35-39-43-47-51-57(62)59-55(54-60)56(61)50-46-42-38-34-30-14-12-10-8-6-4-2/h18-19,46,50,55-56,60-61H,3-17,20-45,47-49,51-54H2,1-2H3,(H,59,62)/b19-18-,50-46+. The fourth-order valence-electron chi connectivity index (χ4n) is 8.81. The Balaban J connectivity index is 3.42. The molecular weight excluding hydrogens is 791 g/mol. The van der Waals surface area contributed by atoms with E-state index in [9.17, 15) is 19.8 Å². The topological polar surface area (TPSA) is 95.9 Å². The number of nitrogens with one attached hydrogen (secondary N) is 1. The van der Waals surface area contributed by atoms with Crippen molar-refractivity contribution in [1.82, 2.24) is 5.32 Å². The average molecular weight is 903 g/mol. The van der Waals surface area contributed by atoms with Crippen LogP contribution in [0.3, 0.4) is 0 Å². The van der Waals surface area contributed by atoms with E-state index < -0.39 is 12.1 Å². The lowest BCUT2D eigenvalue weighted by molar-refractivity contribution is -0.143. The molecule has 0 bridgehead atoms. The highest BCUT2D eigenvalue weighted by molar-refractivity contribution is 5.76. The van der Waals surface area contributed by atoms with E-state index in [0.717, 1.165) is 44.9 Å². The Morgan fingerprint density at radius 3 is 1.11 bits per heavy atom. The number of allylic oxidation sites excluding steroid dienone is 3. The molecule has 0 radical (unpaired) electrons. The van der Waals surface area contributed by atoms with Gasteiger partial charge in [-0.25, -0.2) is 0 Å². The molecule has 0 aromatic carbocycles. The molecule has 0 aliphatic heterocycles. The number of rotatable bonds is 53. The second kappa shape index (κ2) is 54.0. The van der Waals surface area contributed by atoms with Crippen LogP contribution in [0.15, 0.2) is 24.3 Å². The lowest BCUT2D eigenvalue weighted by Crippen LogP contribution is -2.45. The number of carbonyl (C=O) groups excluding carboxylic acids is 2. The molecule has 0 aliphatic carbocycles. The van der Waals surface area contributed by atoms with Crippen molar-refractivity contribution in [2.45, 2.75) is 321 Å². The minimum atomic E-state index is -0.848. The second-order valence-corrected chi connectivity index (χ2v) is 19.6. The zero-order chi connectivity index (χ0) is 46.5. The van der Waals surface area contributed by atoms with E-state index in [-0.39, 0.29) is 18.5 Å². The first kappa shape index (κ1) is 62.3. The third-order valence-electron chi connectivity index (χ3n) is 13.2. The third kappa shape index (κ3) is 49.8. The van der Waals surface area contributed by atoms with E-state index in [1.807, 2.05) is 6.08 Å². The molecule has 0 aromatic heterocycles. The van der Waals surface area contributed by atoms with Crippen molar-refractivity contribution in [3.05, 3.63) is 24.3 Å². The number of aliphatic hydroxyl groups excluding tert-OH is 2. The van der Waals surface area contributed by atoms with Crippen molar-refractivity contribution in [2.24, 2.45) is 0 Å². The summed E-state index contributed by atoms with van der Waals surface area (Å²) in [6.07, 6.45) is 64.9. The fraction of sp³-hybridized carbons (Fsp3) is 0.897. The van der Waals surface area contributed by atoms with Gasteiger partial charge in [-0.2, -0.15) is 0 Å². The van der Waals surface area contributed by atoms with Gasteiger partial charge in [-0.3, -0.25) is 9.59 Å². The number of ether oxygens (including phenoxy) is 1. The highest BCUT2D eigenvalue weighted by Crippen LogP contribution is 2.16. The maximum absolute atomic E-state index is 12.4. The van der Waals surface area contributed by atoms with E-state index >= 15 is 0 Å². The smallest absolute Gasteiger partial charge is 0.305 e. The zero-order valence-corrected chi connectivity index (χ0v) is 43.0. The molecule has 0 fully saturated rings. The summed E-state index contributed by atoms with van der Waals surface area (Å²) >= 11 is 0. The van der Waals surface area contributed by atoms with Crippen molar-refractivity contribution in [3.63, 3.8) is 0 Å². The summed E-state index contributed by atoms with van der Waals surface area (Å²) in [7, 11) is 0. The molecule has 0 rings (SSSR count). The summed E-state index contributed by atoms with van der Waals surface area (Å²) in [5.74, 6) is -0.0715. The van der Waals surface area contributed by atoms with Gasteiger partial charge >= 0.3 is 5.97 Å². The van der Waals surface area contributed by atoms with Crippen LogP contribution in [0, 0.1) is 0 Å². The lowest BCUT2D eigenvalue weighted by Gasteiger charge is -2.20. The van der Waals surface area contributed by atoms with Crippen LogP contribution < -0.4 is 5.32 Å². The van der Waals surface area contributed by atoms with E-state index in [1.54, 1.807) is 6.08 Å². The molecule has 1 amide bonds. The molecule has 6 heteroatoms. The predicted molar refractivity (Wildman–Crippen MR) is 278 cm³/mol. The first-order valence-corrected chi connectivity index (χ1v) is 28.6. The molecule has 0 spiro atoms. The van der Waals surface area contributed by atoms with Crippen LogP contribution in [0.5, 0.6) is 0 Å². The molecule has 0 saturated heterocycles. The Hall–Kier alpha value is -1.66. The van der Waals surface area contributed by atoms with Crippen LogP contribution in [-0.2, 0) is 14.3 Å². The summed E-state index contributed by atoms with van der Waals surface area (Å²) in [5, 5.41) is 23.0. The van der Waals surface area contributed by atoms with Gasteiger partial charge in [0.2, 0.25) is 5.91 Å². The number of esters is 1. The molecule has 2 atom stereocenters. The summed E-state index contributed by atoms with van der Waals surface area (Å²) in [6.45, 7) is 4.89. The minimum absolute atomic E-state index is 0.00699. The maximum atomic E-state index is 12.4. The first-order chi connectivity index (χ1) is 31.5. The molecule has 0 heterocycles. The normalized spacial score (nSPS) is 12.8. The number of amides is 1. The van der Waals surface area contributed by atoms with Crippen molar-refractivity contribution < 1.29 is 24.5 Å². The van der Waals surface area contributed by atoms with Crippen molar-refractivity contribution in [3.8, 4) is 0 Å². The number of hydrogen-bond donors (Lipinski definition) is 3. The van der Waals surface area contributed by atoms with Gasteiger partial charge in [0, 0.05) is 12.8 Å². The van der Waals surface area contributed by atoms with Gasteiger partial charge in [-0.05, 0) is 57.8 Å². The summed E-state index contributed by atoms with van der Waals surface area (Å²) in [4.78, 5) is 24.5. The molecular formula is C58H111NO5. The number of unbranched alkanes of at least 4 members (excludes halogenated alkanes) is 40. The Bertz CT molecular complexity index is 997. The van der Waals surface area contributed by atoms with Crippen LogP contribution in [0.25, 0.3) is 0 Å². The number of aliphatic hydroxyl groups is 2. The minimum Gasteiger partial charge on any atom is -0.466 e. The molecule has 64 heavy (non-hydrogen) atoms. The lowest BCUT2D eigenvalue weighted by atomic mass is 10.0. The van der Waals surface area contributed by atoms with Crippen LogP contribution in [0.1, 0.15) is 309 Å². The largest absolute Gasteiger partial charge is 0.466 e. The van der Waals surface area contributed by atoms with Gasteiger partial charge in [-0.1, -0.05) is 263 Å². The van der Waals surface area contributed by atoms with Gasteiger partial charge in [0.05, 0.1) is 25.4 Å². The van der Waals surface area contributed by atoms with Gasteiger partial charge < -0.3 is 20.3 Å². The van der Waals surface area contributed by atoms with Crippen molar-refractivity contribution in [2.75, 3.05) is 13.2 Å². The van der Waals surface area contributed by atoms with Crippen molar-refractivity contribution in [1.29, 1.82) is 0 Å². The Morgan fingerprint density at radius 2 is 0.734 bits per heavy atom. The second-order valence-electron chi connectivity index (χ2n) is 19.6. The molecule has 2 unspecified atom stereocenters. The van der Waals surface area contributed by atoms with Gasteiger partial charge in [0.25, 0.3) is 0 Å². The molecule has 0 aromatic rings. The highest BCUT2D eigenvalue weighted by Gasteiger charge is 2.18. The molecule has 0 saturated carbocycles. The highest BCUT2D eigenvalue weighted by atomic mass is 16.5. The quantitative estimate of drug-likeness (QED) is 0.0321. The monoisotopic (exact) mass is 902 g/mol. The van der Waals surface area contributed by atoms with Crippen molar-refractivity contribution >= 4 is 11.9 Å². The molecule has 0 aliphatic rings. The molecule has 6 nitrogen and oxygen atoms in total. The van der Waals surface area contributed by atoms with Gasteiger partial charge in [0.1, 0.15) is 0 Å². The summed E-state index contributed by atoms with van der Waals surface area (Å²) in [5.41, 5.74) is 0. The third-order valence-corrected chi connectivity index (χ3v) is 13.2. The van der Waals surface area contributed by atoms with Crippen LogP contribution in [0.4, 0.5) is 0 Å². The average Bonchev–Trinajstić information content (AvgIpc) is 3.29. The fourth-order valence-corrected chi connectivity index (χ4v) is 8.81. The first-order valence-electron chi connectivity index (χ1n) is 28.6. The van der Waals surface area contributed by atoms with Crippen LogP contribution in [-0.4, -0.2) is 47.4 Å². The predicted octanol–water partition coefficient (Wildman–Crippen LogP) is 17.5. The van der Waals surface area contributed by atoms with E-state index in [4.69, 9.17) is 4.74 Å². The van der Waals surface area contributed by atoms with Crippen LogP contribution >= 0.6 is 0 Å². The Labute approximate surface area is 399 Å². The molecule has 378 valence electrons. The van der Waals surface area contributed by atoms with Gasteiger partial charge in [-0.15, -0.1) is 0 Å². The number of hydrogen-bond acceptors (Lipinski definition) is 5. The van der Waals surface area contributed by atoms with Crippen LogP contribution in [0.2, 0.25) is 0 Å². The maximum Gasteiger partial charge on any atom is 0.305 e. The number of carbonyl (C=O) groups is 2. The Morgan fingerprint density at radius 1 is 0.422 bits per heavy atom. The summed E-state index contributed by atoms with van der Waals surface area (Å²) < 4.78 is 5.48. The van der Waals surface area contributed by atoms with E-state index in [2.05, 4.69) is 31.3 Å². The Kier molecular flexibility index (Phi) is 52.6. The van der Waals surface area contributed by atoms with E-state index in [1.165, 1.54) is 238 Å². The zero-order valence-electron chi connectivity index (χ0n) is 43.0. The summed E-state index contributed by atoms with van der Waals surface area (Å²) in [6, 6.07) is -0.633. The molecule has 3 N–H and O–H groups in total.